The molecule has 21 heavy (non-hydrogen) atoms. The lowest BCUT2D eigenvalue weighted by atomic mass is 9.96. The van der Waals surface area contributed by atoms with Crippen LogP contribution in [0.15, 0.2) is 42.5 Å². The Morgan fingerprint density at radius 3 is 2.29 bits per heavy atom. The van der Waals surface area contributed by atoms with E-state index in [1.165, 1.54) is 22.3 Å². The summed E-state index contributed by atoms with van der Waals surface area (Å²) >= 11 is 0. The molecule has 0 saturated carbocycles. The lowest BCUT2D eigenvalue weighted by Gasteiger charge is -2.27. The molecule has 2 atom stereocenters. The van der Waals surface area contributed by atoms with E-state index >= 15 is 0 Å². The van der Waals surface area contributed by atoms with Gasteiger partial charge in [0.1, 0.15) is 11.9 Å². The van der Waals surface area contributed by atoms with Gasteiger partial charge in [0.2, 0.25) is 0 Å². The Kier molecular flexibility index (Phi) is 5.03. The van der Waals surface area contributed by atoms with Gasteiger partial charge in [-0.25, -0.2) is 0 Å². The Bertz CT molecular complexity index is 606. The Labute approximate surface area is 127 Å². The van der Waals surface area contributed by atoms with Crippen LogP contribution in [0.4, 0.5) is 0 Å². The molecule has 2 heteroatoms. The maximum absolute atomic E-state index is 6.33. The minimum Gasteiger partial charge on any atom is -0.484 e. The number of benzene rings is 2. The summed E-state index contributed by atoms with van der Waals surface area (Å²) in [5, 5.41) is 0. The quantitative estimate of drug-likeness (QED) is 0.878. The number of ether oxygens (including phenoxy) is 1. The van der Waals surface area contributed by atoms with E-state index in [-0.39, 0.29) is 12.1 Å². The highest BCUT2D eigenvalue weighted by Crippen LogP contribution is 2.30. The van der Waals surface area contributed by atoms with E-state index in [1.807, 2.05) is 24.3 Å². The zero-order valence-corrected chi connectivity index (χ0v) is 13.4. The first-order valence-corrected chi connectivity index (χ1v) is 7.58. The molecule has 0 bridgehead atoms. The van der Waals surface area contributed by atoms with E-state index in [9.17, 15) is 0 Å². The van der Waals surface area contributed by atoms with E-state index in [4.69, 9.17) is 10.5 Å². The van der Waals surface area contributed by atoms with Crippen molar-refractivity contribution in [1.29, 1.82) is 0 Å². The van der Waals surface area contributed by atoms with Crippen LogP contribution in [0.2, 0.25) is 0 Å². The van der Waals surface area contributed by atoms with Crippen LogP contribution in [0, 0.1) is 20.8 Å². The molecule has 0 radical (unpaired) electrons. The van der Waals surface area contributed by atoms with Gasteiger partial charge >= 0.3 is 0 Å². The molecule has 2 unspecified atom stereocenters. The fourth-order valence-corrected chi connectivity index (χ4v) is 2.49. The average Bonchev–Trinajstić information content (AvgIpc) is 2.49. The zero-order valence-electron chi connectivity index (χ0n) is 13.4. The number of aryl methyl sites for hydroxylation is 2. The zero-order chi connectivity index (χ0) is 15.4. The van der Waals surface area contributed by atoms with Gasteiger partial charge in [0.05, 0.1) is 0 Å². The second-order valence-electron chi connectivity index (χ2n) is 5.67. The SMILES string of the molecule is CCC(N)C(Oc1cccc(C)c1C)c1ccccc1C. The summed E-state index contributed by atoms with van der Waals surface area (Å²) in [5.41, 5.74) is 11.1. The summed E-state index contributed by atoms with van der Waals surface area (Å²) in [6, 6.07) is 14.4. The van der Waals surface area contributed by atoms with Gasteiger partial charge < -0.3 is 10.5 Å². The van der Waals surface area contributed by atoms with E-state index in [0.29, 0.717) is 0 Å². The first-order chi connectivity index (χ1) is 10.0. The number of rotatable bonds is 5. The minimum absolute atomic E-state index is 0.0222. The molecular weight excluding hydrogens is 258 g/mol. The molecule has 0 fully saturated rings. The molecule has 0 aliphatic rings. The van der Waals surface area contributed by atoms with Crippen LogP contribution in [-0.4, -0.2) is 6.04 Å². The predicted molar refractivity (Wildman–Crippen MR) is 88.7 cm³/mol. The maximum atomic E-state index is 6.33. The fourth-order valence-electron chi connectivity index (χ4n) is 2.49. The van der Waals surface area contributed by atoms with Gasteiger partial charge in [0.25, 0.3) is 0 Å². The molecule has 0 aliphatic carbocycles. The van der Waals surface area contributed by atoms with Crippen molar-refractivity contribution < 1.29 is 4.74 Å². The number of nitrogens with two attached hydrogens (primary N) is 1. The lowest BCUT2D eigenvalue weighted by molar-refractivity contribution is 0.169. The van der Waals surface area contributed by atoms with Crippen molar-refractivity contribution >= 4 is 0 Å². The average molecular weight is 283 g/mol. The largest absolute Gasteiger partial charge is 0.484 e. The standard InChI is InChI=1S/C19H25NO/c1-5-17(20)19(16-11-7-6-9-14(16)3)21-18-12-8-10-13(2)15(18)4/h6-12,17,19H,5,20H2,1-4H3. The Morgan fingerprint density at radius 2 is 1.62 bits per heavy atom. The molecule has 0 aliphatic heterocycles. The summed E-state index contributed by atoms with van der Waals surface area (Å²) in [6.07, 6.45) is 0.765. The van der Waals surface area contributed by atoms with E-state index < -0.39 is 0 Å². The molecule has 0 heterocycles. The first-order valence-electron chi connectivity index (χ1n) is 7.58. The smallest absolute Gasteiger partial charge is 0.139 e. The molecule has 2 aromatic carbocycles. The Balaban J connectivity index is 2.38. The number of hydrogen-bond acceptors (Lipinski definition) is 2. The topological polar surface area (TPSA) is 35.2 Å². The molecule has 0 saturated heterocycles. The van der Waals surface area contributed by atoms with Crippen molar-refractivity contribution in [1.82, 2.24) is 0 Å². The van der Waals surface area contributed by atoms with Crippen LogP contribution in [-0.2, 0) is 0 Å². The van der Waals surface area contributed by atoms with Crippen molar-refractivity contribution in [2.75, 3.05) is 0 Å². The first kappa shape index (κ1) is 15.6. The third-order valence-electron chi connectivity index (χ3n) is 4.16. The van der Waals surface area contributed by atoms with Crippen molar-refractivity contribution in [3.63, 3.8) is 0 Å². The normalized spacial score (nSPS) is 13.8. The molecule has 2 nitrogen and oxygen atoms in total. The van der Waals surface area contributed by atoms with Gasteiger partial charge in [-0.3, -0.25) is 0 Å². The maximum Gasteiger partial charge on any atom is 0.139 e. The van der Waals surface area contributed by atoms with Crippen LogP contribution in [0.3, 0.4) is 0 Å². The van der Waals surface area contributed by atoms with Gasteiger partial charge in [-0.15, -0.1) is 0 Å². The van der Waals surface area contributed by atoms with Crippen molar-refractivity contribution in [2.24, 2.45) is 5.73 Å². The monoisotopic (exact) mass is 283 g/mol. The fraction of sp³-hybridized carbons (Fsp3) is 0.368. The summed E-state index contributed by atoms with van der Waals surface area (Å²) in [5.74, 6) is 0.923. The summed E-state index contributed by atoms with van der Waals surface area (Å²) < 4.78 is 6.32. The minimum atomic E-state index is -0.114. The van der Waals surface area contributed by atoms with Gasteiger partial charge in [-0.2, -0.15) is 0 Å². The summed E-state index contributed by atoms with van der Waals surface area (Å²) in [7, 11) is 0. The molecular formula is C19H25NO. The molecule has 2 aromatic rings. The van der Waals surface area contributed by atoms with Gasteiger partial charge in [0, 0.05) is 6.04 Å². The van der Waals surface area contributed by atoms with Crippen LogP contribution in [0.25, 0.3) is 0 Å². The molecule has 0 aromatic heterocycles. The van der Waals surface area contributed by atoms with Crippen LogP contribution < -0.4 is 10.5 Å². The predicted octanol–water partition coefficient (Wildman–Crippen LogP) is 4.47. The highest BCUT2D eigenvalue weighted by atomic mass is 16.5. The van der Waals surface area contributed by atoms with Crippen LogP contribution in [0.5, 0.6) is 5.75 Å². The van der Waals surface area contributed by atoms with Crippen molar-refractivity contribution in [3.8, 4) is 5.75 Å². The van der Waals surface area contributed by atoms with E-state index in [1.54, 1.807) is 0 Å². The van der Waals surface area contributed by atoms with Crippen LogP contribution in [0.1, 0.15) is 41.7 Å². The molecule has 112 valence electrons. The third kappa shape index (κ3) is 3.45. The van der Waals surface area contributed by atoms with E-state index in [2.05, 4.69) is 45.9 Å². The van der Waals surface area contributed by atoms with Crippen molar-refractivity contribution in [3.05, 3.63) is 64.7 Å². The summed E-state index contributed by atoms with van der Waals surface area (Å²) in [6.45, 7) is 8.40. The highest BCUT2D eigenvalue weighted by Gasteiger charge is 2.22. The van der Waals surface area contributed by atoms with Gasteiger partial charge in [-0.05, 0) is 55.5 Å². The Morgan fingerprint density at radius 1 is 0.952 bits per heavy atom. The Hall–Kier alpha value is -1.80. The van der Waals surface area contributed by atoms with Gasteiger partial charge in [-0.1, -0.05) is 43.3 Å². The molecule has 2 N–H and O–H groups in total. The highest BCUT2D eigenvalue weighted by molar-refractivity contribution is 5.39. The molecule has 0 spiro atoms. The van der Waals surface area contributed by atoms with E-state index in [0.717, 1.165) is 12.2 Å². The lowest BCUT2D eigenvalue weighted by Crippen LogP contribution is -2.32. The number of hydrogen-bond donors (Lipinski definition) is 1. The molecule has 0 amide bonds. The van der Waals surface area contributed by atoms with Gasteiger partial charge in [0.15, 0.2) is 0 Å². The third-order valence-corrected chi connectivity index (χ3v) is 4.16. The van der Waals surface area contributed by atoms with Crippen LogP contribution >= 0.6 is 0 Å². The second-order valence-corrected chi connectivity index (χ2v) is 5.67. The molecule has 2 rings (SSSR count). The van der Waals surface area contributed by atoms with Crippen molar-refractivity contribution in [2.45, 2.75) is 46.3 Å². The second kappa shape index (κ2) is 6.77. The summed E-state index contributed by atoms with van der Waals surface area (Å²) in [4.78, 5) is 0.